The first-order chi connectivity index (χ1) is 10.6. The van der Waals surface area contributed by atoms with Gasteiger partial charge in [-0.3, -0.25) is 4.90 Å². The molecule has 0 saturated carbocycles. The monoisotopic (exact) mass is 320 g/mol. The topological polar surface area (TPSA) is 41.5 Å². The maximum atomic E-state index is 6.27. The summed E-state index contributed by atoms with van der Waals surface area (Å²) in [5, 5.41) is 1.57. The summed E-state index contributed by atoms with van der Waals surface area (Å²) < 4.78 is 5.27. The van der Waals surface area contributed by atoms with Crippen LogP contribution in [0.25, 0.3) is 10.9 Å². The van der Waals surface area contributed by atoms with E-state index in [1.54, 1.807) is 13.4 Å². The van der Waals surface area contributed by atoms with Gasteiger partial charge in [-0.05, 0) is 19.9 Å². The Kier molecular flexibility index (Phi) is 4.36. The summed E-state index contributed by atoms with van der Waals surface area (Å²) >= 11 is 6.27. The zero-order valence-electron chi connectivity index (χ0n) is 13.2. The lowest BCUT2D eigenvalue weighted by Gasteiger charge is -2.37. The molecule has 1 aromatic heterocycles. The van der Waals surface area contributed by atoms with Crippen LogP contribution in [0.5, 0.6) is 5.75 Å². The molecule has 0 unspecified atom stereocenters. The fraction of sp³-hybridized carbons (Fsp3) is 0.500. The van der Waals surface area contributed by atoms with Gasteiger partial charge in [0.1, 0.15) is 17.9 Å². The van der Waals surface area contributed by atoms with Gasteiger partial charge in [-0.25, -0.2) is 9.97 Å². The molecule has 0 spiro atoms. The Morgan fingerprint density at radius 3 is 2.50 bits per heavy atom. The highest BCUT2D eigenvalue weighted by Crippen LogP contribution is 2.33. The Bertz CT molecular complexity index is 668. The van der Waals surface area contributed by atoms with Crippen LogP contribution in [0.4, 0.5) is 5.82 Å². The van der Waals surface area contributed by atoms with Crippen molar-refractivity contribution in [3.8, 4) is 5.75 Å². The molecule has 1 aliphatic rings. The molecule has 3 rings (SSSR count). The van der Waals surface area contributed by atoms with E-state index in [9.17, 15) is 0 Å². The van der Waals surface area contributed by atoms with Crippen LogP contribution in [0.2, 0.25) is 5.02 Å². The molecule has 6 heteroatoms. The van der Waals surface area contributed by atoms with Gasteiger partial charge >= 0.3 is 0 Å². The van der Waals surface area contributed by atoms with Crippen molar-refractivity contribution in [1.29, 1.82) is 0 Å². The number of anilines is 1. The lowest BCUT2D eigenvalue weighted by atomic mass is 10.2. The first-order valence-corrected chi connectivity index (χ1v) is 7.95. The number of halogens is 1. The fourth-order valence-corrected chi connectivity index (χ4v) is 3.14. The molecule has 1 saturated heterocycles. The molecule has 118 valence electrons. The third-order valence-electron chi connectivity index (χ3n) is 4.23. The Morgan fingerprint density at radius 1 is 1.14 bits per heavy atom. The zero-order valence-corrected chi connectivity index (χ0v) is 14.0. The minimum atomic E-state index is 0.586. The van der Waals surface area contributed by atoms with E-state index in [1.165, 1.54) is 0 Å². The van der Waals surface area contributed by atoms with E-state index in [0.29, 0.717) is 16.8 Å². The minimum absolute atomic E-state index is 0.586. The van der Waals surface area contributed by atoms with Gasteiger partial charge in [0, 0.05) is 43.7 Å². The molecule has 1 fully saturated rings. The Hall–Kier alpha value is -1.59. The molecule has 1 aromatic carbocycles. The summed E-state index contributed by atoms with van der Waals surface area (Å²) in [7, 11) is 1.61. The third kappa shape index (κ3) is 2.83. The first kappa shape index (κ1) is 15.3. The normalized spacial score (nSPS) is 16.5. The second-order valence-electron chi connectivity index (χ2n) is 5.82. The molecule has 5 nitrogen and oxygen atoms in total. The summed E-state index contributed by atoms with van der Waals surface area (Å²) in [6, 6.07) is 4.36. The maximum absolute atomic E-state index is 6.27. The van der Waals surface area contributed by atoms with Crippen molar-refractivity contribution < 1.29 is 4.74 Å². The predicted octanol–water partition coefficient (Wildman–Crippen LogP) is 2.82. The second kappa shape index (κ2) is 6.26. The number of nitrogens with zero attached hydrogens (tertiary/aromatic N) is 4. The quantitative estimate of drug-likeness (QED) is 0.870. The summed E-state index contributed by atoms with van der Waals surface area (Å²) in [5.74, 6) is 1.60. The van der Waals surface area contributed by atoms with Gasteiger partial charge in [0.25, 0.3) is 0 Å². The molecule has 1 aliphatic heterocycles. The van der Waals surface area contributed by atoms with Crippen molar-refractivity contribution in [3.05, 3.63) is 23.5 Å². The Labute approximate surface area is 135 Å². The van der Waals surface area contributed by atoms with E-state index in [1.807, 2.05) is 12.1 Å². The van der Waals surface area contributed by atoms with Gasteiger partial charge in [0.15, 0.2) is 0 Å². The number of piperazine rings is 1. The maximum Gasteiger partial charge on any atom is 0.140 e. The number of methoxy groups -OCH3 is 1. The highest BCUT2D eigenvalue weighted by molar-refractivity contribution is 6.33. The number of rotatable bonds is 3. The third-order valence-corrected chi connectivity index (χ3v) is 4.53. The van der Waals surface area contributed by atoms with Crippen LogP contribution in [-0.4, -0.2) is 54.2 Å². The lowest BCUT2D eigenvalue weighted by Crippen LogP contribution is -2.49. The average molecular weight is 321 g/mol. The number of aromatic nitrogens is 2. The highest BCUT2D eigenvalue weighted by atomic mass is 35.5. The molecule has 0 amide bonds. The Balaban J connectivity index is 1.93. The van der Waals surface area contributed by atoms with Crippen LogP contribution in [0, 0.1) is 0 Å². The van der Waals surface area contributed by atoms with Gasteiger partial charge in [-0.1, -0.05) is 11.6 Å². The zero-order chi connectivity index (χ0) is 15.7. The lowest BCUT2D eigenvalue weighted by molar-refractivity contribution is 0.209. The van der Waals surface area contributed by atoms with E-state index >= 15 is 0 Å². The van der Waals surface area contributed by atoms with Crippen molar-refractivity contribution in [2.75, 3.05) is 38.2 Å². The molecule has 0 aliphatic carbocycles. The smallest absolute Gasteiger partial charge is 0.140 e. The summed E-state index contributed by atoms with van der Waals surface area (Å²) in [5.41, 5.74) is 0.859. The van der Waals surface area contributed by atoms with Gasteiger partial charge < -0.3 is 9.64 Å². The van der Waals surface area contributed by atoms with Crippen LogP contribution < -0.4 is 9.64 Å². The van der Waals surface area contributed by atoms with E-state index < -0.39 is 0 Å². The van der Waals surface area contributed by atoms with Gasteiger partial charge in [-0.15, -0.1) is 0 Å². The van der Waals surface area contributed by atoms with Crippen LogP contribution in [0.1, 0.15) is 13.8 Å². The summed E-state index contributed by atoms with van der Waals surface area (Å²) in [4.78, 5) is 13.6. The second-order valence-corrected chi connectivity index (χ2v) is 6.23. The van der Waals surface area contributed by atoms with E-state index in [4.69, 9.17) is 16.3 Å². The average Bonchev–Trinajstić information content (AvgIpc) is 2.53. The molecule has 22 heavy (non-hydrogen) atoms. The number of benzene rings is 1. The van der Waals surface area contributed by atoms with Crippen molar-refractivity contribution in [2.45, 2.75) is 19.9 Å². The largest absolute Gasteiger partial charge is 0.495 e. The minimum Gasteiger partial charge on any atom is -0.495 e. The van der Waals surface area contributed by atoms with Crippen LogP contribution in [-0.2, 0) is 0 Å². The number of hydrogen-bond acceptors (Lipinski definition) is 5. The standard InChI is InChI=1S/C16H21ClN4O/c1-11(2)20-4-6-21(7-5-20)16-12-8-13(17)15(22-3)9-14(12)18-10-19-16/h8-11H,4-7H2,1-3H3. The first-order valence-electron chi connectivity index (χ1n) is 7.57. The van der Waals surface area contributed by atoms with Crippen LogP contribution in [0.3, 0.4) is 0 Å². The number of hydrogen-bond donors (Lipinski definition) is 0. The molecular formula is C16H21ClN4O. The molecule has 0 bridgehead atoms. The van der Waals surface area contributed by atoms with E-state index in [0.717, 1.165) is 42.9 Å². The van der Waals surface area contributed by atoms with Crippen molar-refractivity contribution in [1.82, 2.24) is 14.9 Å². The van der Waals surface area contributed by atoms with Crippen molar-refractivity contribution in [3.63, 3.8) is 0 Å². The van der Waals surface area contributed by atoms with E-state index in [-0.39, 0.29) is 0 Å². The molecule has 2 heterocycles. The van der Waals surface area contributed by atoms with Crippen LogP contribution in [0.15, 0.2) is 18.5 Å². The molecule has 0 N–H and O–H groups in total. The molecule has 0 radical (unpaired) electrons. The number of fused-ring (bicyclic) bond motifs is 1. The van der Waals surface area contributed by atoms with Crippen LogP contribution >= 0.6 is 11.6 Å². The van der Waals surface area contributed by atoms with Gasteiger partial charge in [0.05, 0.1) is 17.6 Å². The molecule has 0 atom stereocenters. The van der Waals surface area contributed by atoms with Crippen molar-refractivity contribution in [2.24, 2.45) is 0 Å². The Morgan fingerprint density at radius 2 is 1.86 bits per heavy atom. The SMILES string of the molecule is COc1cc2ncnc(N3CCN(C(C)C)CC3)c2cc1Cl. The molecule has 2 aromatic rings. The van der Waals surface area contributed by atoms with Gasteiger partial charge in [0.2, 0.25) is 0 Å². The highest BCUT2D eigenvalue weighted by Gasteiger charge is 2.21. The molecular weight excluding hydrogens is 300 g/mol. The summed E-state index contributed by atoms with van der Waals surface area (Å²) in [6.07, 6.45) is 1.61. The summed E-state index contributed by atoms with van der Waals surface area (Å²) in [6.45, 7) is 8.51. The van der Waals surface area contributed by atoms with Gasteiger partial charge in [-0.2, -0.15) is 0 Å². The fourth-order valence-electron chi connectivity index (χ4n) is 2.90. The van der Waals surface area contributed by atoms with E-state index in [2.05, 4.69) is 33.6 Å². The van der Waals surface area contributed by atoms with Crippen molar-refractivity contribution >= 4 is 28.3 Å². The predicted molar refractivity (Wildman–Crippen MR) is 90.0 cm³/mol. The number of ether oxygens (including phenoxy) is 1.